The summed E-state index contributed by atoms with van der Waals surface area (Å²) < 4.78 is 5.04. The molecule has 0 spiro atoms. The molecule has 0 aliphatic heterocycles. The van der Waals surface area contributed by atoms with Crippen LogP contribution >= 0.6 is 35.2 Å². The average molecular weight is 409 g/mol. The molecule has 4 nitrogen and oxygen atoms in total. The summed E-state index contributed by atoms with van der Waals surface area (Å²) in [5.41, 5.74) is 2.59. The lowest BCUT2D eigenvalue weighted by atomic mass is 9.96. The molecule has 0 bridgehead atoms. The number of halogens is 1. The molecule has 1 aromatic carbocycles. The molecular formula is C19H21ClN2O2S2. The second-order valence-electron chi connectivity index (χ2n) is 6.20. The fraction of sp³-hybridized carbons (Fsp3) is 0.368. The van der Waals surface area contributed by atoms with Crippen molar-refractivity contribution in [3.63, 3.8) is 0 Å². The number of carbonyl (C=O) groups excluding carboxylic acids is 1. The van der Waals surface area contributed by atoms with Crippen LogP contribution in [0.2, 0.25) is 5.02 Å². The van der Waals surface area contributed by atoms with Crippen LogP contribution in [0.15, 0.2) is 24.3 Å². The number of hydrogen-bond donors (Lipinski definition) is 2. The van der Waals surface area contributed by atoms with Crippen LogP contribution in [0.25, 0.3) is 0 Å². The summed E-state index contributed by atoms with van der Waals surface area (Å²) in [6.07, 6.45) is 6.61. The lowest BCUT2D eigenvalue weighted by Crippen LogP contribution is -2.20. The summed E-state index contributed by atoms with van der Waals surface area (Å²) in [4.78, 5) is 13.7. The number of fused-ring (bicyclic) bond motifs is 1. The van der Waals surface area contributed by atoms with Crippen molar-refractivity contribution in [3.05, 3.63) is 45.3 Å². The summed E-state index contributed by atoms with van der Waals surface area (Å²) >= 11 is 12.9. The van der Waals surface area contributed by atoms with Crippen LogP contribution in [0.5, 0.6) is 0 Å². The fourth-order valence-electron chi connectivity index (χ4n) is 3.12. The zero-order valence-electron chi connectivity index (χ0n) is 14.6. The van der Waals surface area contributed by atoms with Crippen LogP contribution < -0.4 is 10.6 Å². The molecule has 1 aromatic heterocycles. The van der Waals surface area contributed by atoms with Crippen LogP contribution in [0.1, 0.15) is 46.5 Å². The number of methoxy groups -OCH3 is 1. The number of thiophene rings is 1. The number of carbonyl (C=O) groups is 1. The monoisotopic (exact) mass is 408 g/mol. The molecule has 2 aromatic rings. The number of benzene rings is 1. The van der Waals surface area contributed by atoms with Gasteiger partial charge < -0.3 is 15.4 Å². The molecule has 1 heterocycles. The molecule has 1 aliphatic carbocycles. The zero-order valence-corrected chi connectivity index (χ0v) is 17.0. The predicted octanol–water partition coefficient (Wildman–Crippen LogP) is 5.66. The fourth-order valence-corrected chi connectivity index (χ4v) is 4.82. The van der Waals surface area contributed by atoms with Crippen LogP contribution in [0.4, 0.5) is 10.7 Å². The summed E-state index contributed by atoms with van der Waals surface area (Å²) in [6, 6.07) is 7.29. The highest BCUT2D eigenvalue weighted by molar-refractivity contribution is 7.80. The summed E-state index contributed by atoms with van der Waals surface area (Å²) in [7, 11) is 1.42. The third-order valence-corrected chi connectivity index (χ3v) is 6.05. The number of anilines is 2. The van der Waals surface area contributed by atoms with Gasteiger partial charge in [-0.3, -0.25) is 0 Å². The number of aryl methyl sites for hydroxylation is 1. The van der Waals surface area contributed by atoms with E-state index in [4.69, 9.17) is 28.6 Å². The lowest BCUT2D eigenvalue weighted by molar-refractivity contribution is 0.0601. The van der Waals surface area contributed by atoms with Gasteiger partial charge >= 0.3 is 5.97 Å². The highest BCUT2D eigenvalue weighted by atomic mass is 35.5. The molecule has 0 fully saturated rings. The Morgan fingerprint density at radius 2 is 1.81 bits per heavy atom. The van der Waals surface area contributed by atoms with Gasteiger partial charge in [-0.05, 0) is 67.7 Å². The normalized spacial score (nSPS) is 13.9. The Balaban J connectivity index is 1.83. The minimum absolute atomic E-state index is 0.306. The van der Waals surface area contributed by atoms with E-state index in [-0.39, 0.29) is 5.97 Å². The smallest absolute Gasteiger partial charge is 0.341 e. The second-order valence-corrected chi connectivity index (χ2v) is 8.15. The van der Waals surface area contributed by atoms with Crippen molar-refractivity contribution in [2.75, 3.05) is 17.7 Å². The Morgan fingerprint density at radius 1 is 1.12 bits per heavy atom. The molecule has 3 rings (SSSR count). The maximum atomic E-state index is 12.4. The Bertz CT molecular complexity index is 803. The summed E-state index contributed by atoms with van der Waals surface area (Å²) in [6.45, 7) is 0. The Hall–Kier alpha value is -1.63. The summed E-state index contributed by atoms with van der Waals surface area (Å²) in [5, 5.41) is 8.18. The van der Waals surface area contributed by atoms with Crippen LogP contribution in [0, 0.1) is 0 Å². The van der Waals surface area contributed by atoms with E-state index in [1.807, 2.05) is 12.1 Å². The van der Waals surface area contributed by atoms with Crippen molar-refractivity contribution in [3.8, 4) is 0 Å². The lowest BCUT2D eigenvalue weighted by Gasteiger charge is -2.12. The van der Waals surface area contributed by atoms with E-state index in [0.717, 1.165) is 41.9 Å². The number of hydrogen-bond acceptors (Lipinski definition) is 4. The van der Waals surface area contributed by atoms with Crippen molar-refractivity contribution in [1.82, 2.24) is 0 Å². The topological polar surface area (TPSA) is 50.4 Å². The number of ether oxygens (including phenoxy) is 1. The third-order valence-electron chi connectivity index (χ3n) is 4.39. The number of esters is 1. The largest absolute Gasteiger partial charge is 0.465 e. The second kappa shape index (κ2) is 8.84. The Morgan fingerprint density at radius 3 is 2.50 bits per heavy atom. The molecule has 26 heavy (non-hydrogen) atoms. The first-order valence-electron chi connectivity index (χ1n) is 8.65. The van der Waals surface area contributed by atoms with E-state index < -0.39 is 0 Å². The first kappa shape index (κ1) is 19.1. The van der Waals surface area contributed by atoms with Crippen molar-refractivity contribution in [2.24, 2.45) is 0 Å². The molecule has 0 radical (unpaired) electrons. The maximum Gasteiger partial charge on any atom is 0.341 e. The summed E-state index contributed by atoms with van der Waals surface area (Å²) in [5.74, 6) is -0.306. The van der Waals surface area contributed by atoms with Crippen LogP contribution in [-0.2, 0) is 17.6 Å². The number of rotatable bonds is 3. The third kappa shape index (κ3) is 4.55. The van der Waals surface area contributed by atoms with E-state index in [9.17, 15) is 4.79 Å². The van der Waals surface area contributed by atoms with Crippen molar-refractivity contribution in [1.29, 1.82) is 0 Å². The van der Waals surface area contributed by atoms with E-state index in [1.54, 1.807) is 23.5 Å². The van der Waals surface area contributed by atoms with Gasteiger partial charge in [-0.25, -0.2) is 4.79 Å². The van der Waals surface area contributed by atoms with Gasteiger partial charge in [0.1, 0.15) is 5.00 Å². The van der Waals surface area contributed by atoms with Gasteiger partial charge in [0.25, 0.3) is 0 Å². The predicted molar refractivity (Wildman–Crippen MR) is 113 cm³/mol. The van der Waals surface area contributed by atoms with Crippen molar-refractivity contribution < 1.29 is 9.53 Å². The molecule has 138 valence electrons. The Kier molecular flexibility index (Phi) is 6.51. The van der Waals surface area contributed by atoms with E-state index in [0.29, 0.717) is 15.7 Å². The SMILES string of the molecule is COC(=O)c1c(NC(=S)Nc2ccc(Cl)cc2)sc2c1CCCCCC2. The first-order chi connectivity index (χ1) is 12.6. The van der Waals surface area contributed by atoms with E-state index in [1.165, 1.54) is 24.8 Å². The van der Waals surface area contributed by atoms with Crippen molar-refractivity contribution in [2.45, 2.75) is 38.5 Å². The molecule has 0 unspecified atom stereocenters. The molecule has 7 heteroatoms. The molecular weight excluding hydrogens is 388 g/mol. The molecule has 0 atom stereocenters. The average Bonchev–Trinajstić information content (AvgIpc) is 2.92. The van der Waals surface area contributed by atoms with E-state index >= 15 is 0 Å². The number of nitrogens with one attached hydrogen (secondary N) is 2. The molecule has 2 N–H and O–H groups in total. The van der Waals surface area contributed by atoms with E-state index in [2.05, 4.69) is 10.6 Å². The van der Waals surface area contributed by atoms with Gasteiger partial charge in [0.15, 0.2) is 5.11 Å². The quantitative estimate of drug-likeness (QED) is 0.507. The van der Waals surface area contributed by atoms with Crippen LogP contribution in [0.3, 0.4) is 0 Å². The van der Waals surface area contributed by atoms with Crippen molar-refractivity contribution >= 4 is 56.9 Å². The highest BCUT2D eigenvalue weighted by Crippen LogP contribution is 2.37. The van der Waals surface area contributed by atoms with Gasteiger partial charge in [0, 0.05) is 15.6 Å². The van der Waals surface area contributed by atoms with Gasteiger partial charge in [-0.2, -0.15) is 0 Å². The van der Waals surface area contributed by atoms with Gasteiger partial charge in [-0.1, -0.05) is 24.4 Å². The zero-order chi connectivity index (χ0) is 18.5. The standard InChI is InChI=1S/C19H21ClN2O2S2/c1-24-18(23)16-14-6-4-2-3-5-7-15(14)26-17(16)22-19(25)21-13-10-8-12(20)9-11-13/h8-11H,2-7H2,1H3,(H2,21,22,25). The molecule has 0 saturated heterocycles. The van der Waals surface area contributed by atoms with Crippen LogP contribution in [-0.4, -0.2) is 18.2 Å². The molecule has 0 amide bonds. The molecule has 1 aliphatic rings. The minimum Gasteiger partial charge on any atom is -0.465 e. The van der Waals surface area contributed by atoms with Gasteiger partial charge in [0.2, 0.25) is 0 Å². The van der Waals surface area contributed by atoms with Gasteiger partial charge in [-0.15, -0.1) is 11.3 Å². The first-order valence-corrected chi connectivity index (χ1v) is 10.2. The van der Waals surface area contributed by atoms with Gasteiger partial charge in [0.05, 0.1) is 12.7 Å². The number of thiocarbonyl (C=S) groups is 1. The maximum absolute atomic E-state index is 12.4. The minimum atomic E-state index is -0.306. The molecule has 0 saturated carbocycles. The Labute approximate surface area is 167 Å². The highest BCUT2D eigenvalue weighted by Gasteiger charge is 2.25.